The fourth-order valence-electron chi connectivity index (χ4n) is 3.69. The summed E-state index contributed by atoms with van der Waals surface area (Å²) in [6.07, 6.45) is 3.54. The van der Waals surface area contributed by atoms with Crippen LogP contribution in [0, 0.1) is 0 Å². The van der Waals surface area contributed by atoms with Gasteiger partial charge in [-0.15, -0.1) is 11.3 Å². The lowest BCUT2D eigenvalue weighted by molar-refractivity contribution is -0.439. The number of nitrogens with zero attached hydrogens (tertiary/aromatic N) is 1. The molecule has 0 fully saturated rings. The predicted molar refractivity (Wildman–Crippen MR) is 109 cm³/mol. The third-order valence-electron chi connectivity index (χ3n) is 5.57. The first-order valence-electron chi connectivity index (χ1n) is 9.32. The minimum Gasteiger partial charge on any atom is -0.469 e. The van der Waals surface area contributed by atoms with Crippen LogP contribution < -0.4 is 0 Å². The monoisotopic (exact) mass is 370 g/mol. The van der Waals surface area contributed by atoms with Crippen LogP contribution in [0.2, 0.25) is 0 Å². The molecule has 1 aromatic carbocycles. The standard InChI is InChI=1S/C22H28NO2S/c1-16-22(2,3)18-15-17(20-9-8-14-26-20)11-12-19(18)23(16)13-7-5-6-10-21(24)25-4/h8-9,11-12,14-15H,5-7,10,13H2,1-4H3/q+1. The summed E-state index contributed by atoms with van der Waals surface area (Å²) < 4.78 is 7.17. The van der Waals surface area contributed by atoms with E-state index in [4.69, 9.17) is 4.74 Å². The largest absolute Gasteiger partial charge is 0.469 e. The molecule has 3 nitrogen and oxygen atoms in total. The van der Waals surface area contributed by atoms with Gasteiger partial charge in [-0.05, 0) is 55.8 Å². The lowest BCUT2D eigenvalue weighted by atomic mass is 9.81. The molecule has 0 saturated carbocycles. The number of esters is 1. The van der Waals surface area contributed by atoms with Crippen molar-refractivity contribution in [3.05, 3.63) is 41.3 Å². The van der Waals surface area contributed by atoms with Gasteiger partial charge in [-0.2, -0.15) is 4.58 Å². The van der Waals surface area contributed by atoms with E-state index in [-0.39, 0.29) is 11.4 Å². The Morgan fingerprint density at radius 3 is 2.69 bits per heavy atom. The van der Waals surface area contributed by atoms with E-state index in [0.29, 0.717) is 6.42 Å². The molecule has 0 radical (unpaired) electrons. The number of unbranched alkanes of at least 4 members (excludes halogenated alkanes) is 2. The average molecular weight is 371 g/mol. The van der Waals surface area contributed by atoms with Gasteiger partial charge in [0.1, 0.15) is 6.54 Å². The number of carbonyl (C=O) groups is 1. The Hall–Kier alpha value is -1.94. The molecule has 2 aromatic rings. The molecule has 1 aliphatic heterocycles. The van der Waals surface area contributed by atoms with E-state index in [1.165, 1.54) is 34.5 Å². The van der Waals surface area contributed by atoms with Crippen LogP contribution in [-0.2, 0) is 14.9 Å². The third kappa shape index (κ3) is 3.61. The molecule has 138 valence electrons. The highest BCUT2D eigenvalue weighted by atomic mass is 32.1. The summed E-state index contributed by atoms with van der Waals surface area (Å²) in [5, 5.41) is 2.13. The van der Waals surface area contributed by atoms with E-state index < -0.39 is 0 Å². The van der Waals surface area contributed by atoms with Crippen molar-refractivity contribution >= 4 is 28.7 Å². The highest BCUT2D eigenvalue weighted by Gasteiger charge is 2.42. The Bertz CT molecular complexity index is 819. The second-order valence-corrected chi connectivity index (χ2v) is 8.41. The second-order valence-electron chi connectivity index (χ2n) is 7.46. The topological polar surface area (TPSA) is 29.3 Å². The normalized spacial score (nSPS) is 15.2. The van der Waals surface area contributed by atoms with E-state index in [0.717, 1.165) is 25.8 Å². The van der Waals surface area contributed by atoms with Crippen molar-refractivity contribution in [2.24, 2.45) is 0 Å². The zero-order valence-corrected chi connectivity index (χ0v) is 17.0. The Morgan fingerprint density at radius 1 is 1.19 bits per heavy atom. The van der Waals surface area contributed by atoms with E-state index >= 15 is 0 Å². The molecular weight excluding hydrogens is 342 g/mol. The molecule has 1 aromatic heterocycles. The predicted octanol–water partition coefficient (Wildman–Crippen LogP) is 5.54. The molecule has 0 atom stereocenters. The molecule has 0 unspecified atom stereocenters. The fourth-order valence-corrected chi connectivity index (χ4v) is 4.41. The second kappa shape index (κ2) is 7.75. The maximum atomic E-state index is 11.2. The van der Waals surface area contributed by atoms with Crippen LogP contribution in [0.15, 0.2) is 35.7 Å². The molecule has 0 N–H and O–H groups in total. The van der Waals surface area contributed by atoms with Gasteiger partial charge in [0.05, 0.1) is 12.5 Å². The highest BCUT2D eigenvalue weighted by Crippen LogP contribution is 2.42. The van der Waals surface area contributed by atoms with E-state index in [1.54, 1.807) is 11.3 Å². The van der Waals surface area contributed by atoms with E-state index in [2.05, 4.69) is 61.1 Å². The van der Waals surface area contributed by atoms with Gasteiger partial charge in [0.25, 0.3) is 0 Å². The number of rotatable bonds is 7. The summed E-state index contributed by atoms with van der Waals surface area (Å²) in [6.45, 7) is 7.88. The quantitative estimate of drug-likeness (QED) is 0.363. The molecule has 26 heavy (non-hydrogen) atoms. The average Bonchev–Trinajstić information content (AvgIpc) is 3.23. The molecular formula is C22H28NO2S+. The lowest BCUT2D eigenvalue weighted by Crippen LogP contribution is -2.26. The van der Waals surface area contributed by atoms with Crippen LogP contribution in [0.5, 0.6) is 0 Å². The van der Waals surface area contributed by atoms with Gasteiger partial charge in [0.15, 0.2) is 5.71 Å². The summed E-state index contributed by atoms with van der Waals surface area (Å²) in [6, 6.07) is 11.2. The molecule has 1 aliphatic rings. The molecule has 0 bridgehead atoms. The first-order chi connectivity index (χ1) is 12.4. The Balaban J connectivity index is 1.74. The summed E-state index contributed by atoms with van der Waals surface area (Å²) in [4.78, 5) is 12.5. The van der Waals surface area contributed by atoms with Crippen molar-refractivity contribution in [2.75, 3.05) is 13.7 Å². The van der Waals surface area contributed by atoms with Crippen molar-refractivity contribution in [1.29, 1.82) is 0 Å². The molecule has 4 heteroatoms. The number of hydrogen-bond acceptors (Lipinski definition) is 3. The summed E-state index contributed by atoms with van der Waals surface area (Å²) in [7, 11) is 1.45. The number of ether oxygens (including phenoxy) is 1. The number of thiophene rings is 1. The van der Waals surface area contributed by atoms with Crippen LogP contribution in [0.1, 0.15) is 52.0 Å². The Labute approximate surface area is 160 Å². The van der Waals surface area contributed by atoms with Crippen LogP contribution >= 0.6 is 11.3 Å². The maximum absolute atomic E-state index is 11.2. The minimum absolute atomic E-state index is 0.0502. The number of carbonyl (C=O) groups excluding carboxylic acids is 1. The lowest BCUT2D eigenvalue weighted by Gasteiger charge is -2.15. The van der Waals surface area contributed by atoms with Crippen LogP contribution in [-0.4, -0.2) is 29.9 Å². The number of benzene rings is 1. The Kier molecular flexibility index (Phi) is 5.61. The molecule has 0 amide bonds. The first-order valence-corrected chi connectivity index (χ1v) is 10.2. The van der Waals surface area contributed by atoms with Crippen LogP contribution in [0.4, 0.5) is 5.69 Å². The first kappa shape index (κ1) is 18.8. The van der Waals surface area contributed by atoms with Crippen LogP contribution in [0.25, 0.3) is 10.4 Å². The molecule has 0 spiro atoms. The SMILES string of the molecule is COC(=O)CCCCC[N+]1=C(C)C(C)(C)c2cc(-c3cccs3)ccc21. The summed E-state index contributed by atoms with van der Waals surface area (Å²) in [5.74, 6) is -0.110. The third-order valence-corrected chi connectivity index (χ3v) is 6.48. The minimum atomic E-state index is -0.110. The summed E-state index contributed by atoms with van der Waals surface area (Å²) in [5.41, 5.74) is 5.51. The van der Waals surface area contributed by atoms with Gasteiger partial charge >= 0.3 is 5.97 Å². The smallest absolute Gasteiger partial charge is 0.305 e. The van der Waals surface area contributed by atoms with Gasteiger partial charge < -0.3 is 4.74 Å². The Morgan fingerprint density at radius 2 is 2.00 bits per heavy atom. The van der Waals surface area contributed by atoms with E-state index in [1.807, 2.05) is 0 Å². The van der Waals surface area contributed by atoms with E-state index in [9.17, 15) is 4.79 Å². The van der Waals surface area contributed by atoms with Gasteiger partial charge in [-0.3, -0.25) is 4.79 Å². The fraction of sp³-hybridized carbons (Fsp3) is 0.455. The maximum Gasteiger partial charge on any atom is 0.305 e. The van der Waals surface area contributed by atoms with Gasteiger partial charge in [-0.1, -0.05) is 6.07 Å². The van der Waals surface area contributed by atoms with Crippen molar-refractivity contribution in [3.63, 3.8) is 0 Å². The number of fused-ring (bicyclic) bond motifs is 1. The van der Waals surface area contributed by atoms with Gasteiger partial charge in [-0.25, -0.2) is 0 Å². The zero-order valence-electron chi connectivity index (χ0n) is 16.2. The highest BCUT2D eigenvalue weighted by molar-refractivity contribution is 7.13. The molecule has 0 aliphatic carbocycles. The van der Waals surface area contributed by atoms with Crippen molar-refractivity contribution < 1.29 is 14.1 Å². The van der Waals surface area contributed by atoms with Gasteiger partial charge in [0, 0.05) is 36.3 Å². The van der Waals surface area contributed by atoms with Crippen LogP contribution in [0.3, 0.4) is 0 Å². The van der Waals surface area contributed by atoms with Crippen molar-refractivity contribution in [2.45, 2.75) is 51.9 Å². The van der Waals surface area contributed by atoms with Gasteiger partial charge in [0.2, 0.25) is 5.69 Å². The van der Waals surface area contributed by atoms with Crippen molar-refractivity contribution in [1.82, 2.24) is 0 Å². The van der Waals surface area contributed by atoms with Crippen molar-refractivity contribution in [3.8, 4) is 10.4 Å². The zero-order chi connectivity index (χ0) is 18.7. The molecule has 0 saturated heterocycles. The number of hydrogen-bond donors (Lipinski definition) is 0. The molecule has 3 rings (SSSR count). The number of methoxy groups -OCH3 is 1. The molecule has 2 heterocycles. The summed E-state index contributed by atoms with van der Waals surface area (Å²) >= 11 is 1.79.